The molecule has 1 amide bonds. The first-order valence-corrected chi connectivity index (χ1v) is 9.37. The van der Waals surface area contributed by atoms with Crippen molar-refractivity contribution in [2.24, 2.45) is 18.7 Å². The third-order valence-electron chi connectivity index (χ3n) is 4.85. The van der Waals surface area contributed by atoms with Crippen molar-refractivity contribution in [2.75, 3.05) is 44.1 Å². The van der Waals surface area contributed by atoms with Gasteiger partial charge in [0.05, 0.1) is 7.11 Å². The molecule has 2 N–H and O–H groups in total. The molecule has 1 atom stereocenters. The molecule has 2 rings (SSSR count). The number of methoxy groups -OCH3 is 1. The number of anilines is 1. The Bertz CT molecular complexity index is 718. The lowest BCUT2D eigenvalue weighted by atomic mass is 9.95. The Kier molecular flexibility index (Phi) is 7.61. The van der Waals surface area contributed by atoms with E-state index in [9.17, 15) is 14.4 Å². The van der Waals surface area contributed by atoms with Crippen LogP contribution in [0.4, 0.5) is 5.82 Å². The fourth-order valence-electron chi connectivity index (χ4n) is 3.25. The molecule has 1 saturated heterocycles. The van der Waals surface area contributed by atoms with E-state index in [1.54, 1.807) is 13.1 Å². The van der Waals surface area contributed by atoms with Crippen molar-refractivity contribution in [3.05, 3.63) is 22.5 Å². The summed E-state index contributed by atoms with van der Waals surface area (Å²) >= 11 is 5.72. The zero-order valence-corrected chi connectivity index (χ0v) is 16.4. The van der Waals surface area contributed by atoms with Crippen LogP contribution in [0, 0.1) is 5.92 Å². The second kappa shape index (κ2) is 9.70. The minimum atomic E-state index is -0.829. The van der Waals surface area contributed by atoms with Gasteiger partial charge >= 0.3 is 5.97 Å². The number of hydrogen-bond acceptors (Lipinski definition) is 7. The first-order valence-electron chi connectivity index (χ1n) is 8.83. The first kappa shape index (κ1) is 21.2. The van der Waals surface area contributed by atoms with Gasteiger partial charge < -0.3 is 20.3 Å². The number of rotatable bonds is 7. The van der Waals surface area contributed by atoms with E-state index in [2.05, 4.69) is 10.00 Å². The molecular formula is C17H26ClN5O4. The molecule has 10 heteroatoms. The molecular weight excluding hydrogens is 374 g/mol. The predicted molar refractivity (Wildman–Crippen MR) is 102 cm³/mol. The summed E-state index contributed by atoms with van der Waals surface area (Å²) < 4.78 is 6.07. The molecule has 0 aliphatic carbocycles. The van der Waals surface area contributed by atoms with Crippen LogP contribution in [0.1, 0.15) is 12.8 Å². The summed E-state index contributed by atoms with van der Waals surface area (Å²) in [5.74, 6) is -0.130. The quantitative estimate of drug-likeness (QED) is 0.489. The maximum Gasteiger partial charge on any atom is 0.329 e. The lowest BCUT2D eigenvalue weighted by molar-refractivity contribution is -0.152. The van der Waals surface area contributed by atoms with Crippen molar-refractivity contribution >= 4 is 29.3 Å². The molecule has 2 heterocycles. The van der Waals surface area contributed by atoms with Crippen molar-refractivity contribution in [1.29, 1.82) is 0 Å². The average molecular weight is 400 g/mol. The molecule has 1 aliphatic rings. The van der Waals surface area contributed by atoms with Crippen LogP contribution in [0.25, 0.3) is 0 Å². The molecule has 1 aliphatic heterocycles. The van der Waals surface area contributed by atoms with Gasteiger partial charge in [-0.05, 0) is 24.8 Å². The molecule has 0 spiro atoms. The van der Waals surface area contributed by atoms with Gasteiger partial charge in [0.15, 0.2) is 0 Å². The summed E-state index contributed by atoms with van der Waals surface area (Å²) in [6.07, 6.45) is 1.63. The van der Waals surface area contributed by atoms with Gasteiger partial charge in [-0.1, -0.05) is 0 Å². The molecule has 27 heavy (non-hydrogen) atoms. The van der Waals surface area contributed by atoms with Gasteiger partial charge in [-0.15, -0.1) is 11.6 Å². The number of nitrogens with zero attached hydrogens (tertiary/aromatic N) is 4. The molecule has 150 valence electrons. The number of aromatic nitrogens is 2. The third-order valence-corrected chi connectivity index (χ3v) is 5.08. The molecule has 1 fully saturated rings. The average Bonchev–Trinajstić information content (AvgIpc) is 2.69. The zero-order chi connectivity index (χ0) is 20.0. The zero-order valence-electron chi connectivity index (χ0n) is 15.6. The highest BCUT2D eigenvalue weighted by Gasteiger charge is 2.32. The van der Waals surface area contributed by atoms with Crippen molar-refractivity contribution in [2.45, 2.75) is 18.9 Å². The van der Waals surface area contributed by atoms with Crippen LogP contribution in [0.2, 0.25) is 0 Å². The molecule has 0 radical (unpaired) electrons. The van der Waals surface area contributed by atoms with E-state index in [0.29, 0.717) is 6.54 Å². The summed E-state index contributed by atoms with van der Waals surface area (Å²) in [5.41, 5.74) is 5.54. The van der Waals surface area contributed by atoms with Gasteiger partial charge in [0.2, 0.25) is 5.91 Å². The highest BCUT2D eigenvalue weighted by molar-refractivity contribution is 6.27. The van der Waals surface area contributed by atoms with Crippen LogP contribution in [0.3, 0.4) is 0 Å². The van der Waals surface area contributed by atoms with Crippen LogP contribution in [-0.2, 0) is 21.4 Å². The Morgan fingerprint density at radius 2 is 2.07 bits per heavy atom. The number of halogens is 1. The number of esters is 1. The van der Waals surface area contributed by atoms with Gasteiger partial charge in [-0.25, -0.2) is 9.48 Å². The molecule has 0 unspecified atom stereocenters. The first-order chi connectivity index (χ1) is 12.9. The number of amides is 1. The lowest BCUT2D eigenvalue weighted by Crippen LogP contribution is -2.52. The second-order valence-electron chi connectivity index (χ2n) is 6.54. The smallest absolute Gasteiger partial charge is 0.329 e. The predicted octanol–water partition coefficient (Wildman–Crippen LogP) is -0.436. The van der Waals surface area contributed by atoms with E-state index in [1.165, 1.54) is 22.8 Å². The maximum absolute atomic E-state index is 12.2. The minimum Gasteiger partial charge on any atom is -0.467 e. The van der Waals surface area contributed by atoms with Crippen molar-refractivity contribution in [3.63, 3.8) is 0 Å². The Morgan fingerprint density at radius 1 is 1.41 bits per heavy atom. The SMILES string of the molecule is COC(=O)[C@@H](CN)N(CC1CCN(c2ccc(=O)n(C)n2)CC1)C(=O)CCl. The van der Waals surface area contributed by atoms with Gasteiger partial charge in [-0.2, -0.15) is 5.10 Å². The van der Waals surface area contributed by atoms with E-state index in [-0.39, 0.29) is 29.8 Å². The summed E-state index contributed by atoms with van der Waals surface area (Å²) in [5, 5.41) is 4.27. The van der Waals surface area contributed by atoms with Gasteiger partial charge in [-0.3, -0.25) is 9.59 Å². The van der Waals surface area contributed by atoms with Crippen molar-refractivity contribution < 1.29 is 14.3 Å². The number of nitrogens with two attached hydrogens (primary N) is 1. The van der Waals surface area contributed by atoms with E-state index >= 15 is 0 Å². The summed E-state index contributed by atoms with van der Waals surface area (Å²) in [6, 6.07) is 2.38. The van der Waals surface area contributed by atoms with E-state index in [1.807, 2.05) is 0 Å². The molecule has 1 aromatic heterocycles. The van der Waals surface area contributed by atoms with Gasteiger partial charge in [0, 0.05) is 39.3 Å². The minimum absolute atomic E-state index is 0.0177. The van der Waals surface area contributed by atoms with Crippen molar-refractivity contribution in [1.82, 2.24) is 14.7 Å². The maximum atomic E-state index is 12.2. The van der Waals surface area contributed by atoms with E-state index in [4.69, 9.17) is 22.1 Å². The topological polar surface area (TPSA) is 111 Å². The van der Waals surface area contributed by atoms with Crippen LogP contribution < -0.4 is 16.2 Å². The highest BCUT2D eigenvalue weighted by Crippen LogP contribution is 2.23. The van der Waals surface area contributed by atoms with Gasteiger partial charge in [0.25, 0.3) is 5.56 Å². The summed E-state index contributed by atoms with van der Waals surface area (Å²) in [6.45, 7) is 1.86. The molecule has 0 saturated carbocycles. The van der Waals surface area contributed by atoms with Crippen LogP contribution in [0.5, 0.6) is 0 Å². The standard InChI is InChI=1S/C17H26ClN5O4/c1-21-15(24)4-3-14(20-21)22-7-5-12(6-8-22)11-23(16(25)9-18)13(10-19)17(26)27-2/h3-4,12-13H,5-11,19H2,1-2H3/t13-/m1/s1. The number of piperidine rings is 1. The second-order valence-corrected chi connectivity index (χ2v) is 6.81. The fourth-order valence-corrected chi connectivity index (χ4v) is 3.40. The number of alkyl halides is 1. The van der Waals surface area contributed by atoms with Crippen LogP contribution in [-0.4, -0.2) is 71.8 Å². The number of carbonyl (C=O) groups excluding carboxylic acids is 2. The third kappa shape index (κ3) is 5.20. The molecule has 9 nitrogen and oxygen atoms in total. The number of hydrogen-bond donors (Lipinski definition) is 1. The number of ether oxygens (including phenoxy) is 1. The van der Waals surface area contributed by atoms with Crippen molar-refractivity contribution in [3.8, 4) is 0 Å². The largest absolute Gasteiger partial charge is 0.467 e. The number of aryl methyl sites for hydroxylation is 1. The molecule has 1 aromatic rings. The van der Waals surface area contributed by atoms with Crippen LogP contribution in [0.15, 0.2) is 16.9 Å². The highest BCUT2D eigenvalue weighted by atomic mass is 35.5. The fraction of sp³-hybridized carbons (Fsp3) is 0.647. The Morgan fingerprint density at radius 3 is 2.59 bits per heavy atom. The monoisotopic (exact) mass is 399 g/mol. The molecule has 0 bridgehead atoms. The van der Waals surface area contributed by atoms with Crippen LogP contribution >= 0.6 is 11.6 Å². The number of carbonyl (C=O) groups is 2. The Balaban J connectivity index is 2.02. The Hall–Kier alpha value is -2.13. The van der Waals surface area contributed by atoms with E-state index in [0.717, 1.165) is 31.7 Å². The normalized spacial score (nSPS) is 16.1. The summed E-state index contributed by atoms with van der Waals surface area (Å²) in [7, 11) is 2.89. The van der Waals surface area contributed by atoms with E-state index < -0.39 is 12.0 Å². The summed E-state index contributed by atoms with van der Waals surface area (Å²) in [4.78, 5) is 39.2. The van der Waals surface area contributed by atoms with Gasteiger partial charge in [0.1, 0.15) is 17.7 Å². The lowest BCUT2D eigenvalue weighted by Gasteiger charge is -2.37. The molecule has 0 aromatic carbocycles. The Labute approximate surface area is 163 Å².